The van der Waals surface area contributed by atoms with Crippen molar-refractivity contribution in [3.05, 3.63) is 125 Å². The molecule has 2 atom stereocenters. The van der Waals surface area contributed by atoms with E-state index in [0.29, 0.717) is 30.3 Å². The fraction of sp³-hybridized carbons (Fsp3) is 0.324. The summed E-state index contributed by atoms with van der Waals surface area (Å²) in [5.74, 6) is -0.117. The second kappa shape index (κ2) is 17.3. The maximum absolute atomic E-state index is 14.8. The number of sulfonamides is 1. The lowest BCUT2D eigenvalue weighted by Gasteiger charge is -2.43. The van der Waals surface area contributed by atoms with Crippen LogP contribution in [0.15, 0.2) is 103 Å². The fourth-order valence-electron chi connectivity index (χ4n) is 5.63. The van der Waals surface area contributed by atoms with Gasteiger partial charge in [0.15, 0.2) is 0 Å². The predicted molar refractivity (Wildman–Crippen MR) is 194 cm³/mol. The molecule has 4 aromatic rings. The number of benzene rings is 3. The van der Waals surface area contributed by atoms with Gasteiger partial charge in [-0.3, -0.25) is 13.9 Å². The second-order valence-corrected chi connectivity index (χ2v) is 15.2. The maximum Gasteiger partial charge on any atom is 0.249 e. The topological polar surface area (TPSA) is 109 Å². The summed E-state index contributed by atoms with van der Waals surface area (Å²) in [4.78, 5) is 29.3. The Bertz CT molecular complexity index is 1830. The minimum absolute atomic E-state index is 0.0280. The molecular formula is C37H39Cl2FN4O5S. The number of hydrogen-bond acceptors (Lipinski definition) is 6. The first kappa shape index (κ1) is 37.2. The molecule has 50 heavy (non-hydrogen) atoms. The molecule has 1 aromatic heterocycles. The lowest BCUT2D eigenvalue weighted by Crippen LogP contribution is -2.55. The zero-order valence-electron chi connectivity index (χ0n) is 27.5. The molecular weight excluding hydrogens is 702 g/mol. The Morgan fingerprint density at radius 3 is 2.14 bits per heavy atom. The molecule has 2 aliphatic carbocycles. The highest BCUT2D eigenvalue weighted by atomic mass is 35.5. The van der Waals surface area contributed by atoms with Crippen LogP contribution in [-0.2, 0) is 24.3 Å². The van der Waals surface area contributed by atoms with Crippen molar-refractivity contribution in [1.82, 2.24) is 9.88 Å². The van der Waals surface area contributed by atoms with Gasteiger partial charge >= 0.3 is 0 Å². The number of ether oxygens (including phenoxy) is 1. The van der Waals surface area contributed by atoms with E-state index in [9.17, 15) is 22.4 Å². The number of carbonyl (C=O) groups is 2. The SMILES string of the molecule is CC(=O)Nc1ccccn1.Clc1ccccc1.O=C1COCC(c2ccc(Cl)cc2)N1C(CN(c1ccccc1F)S(=O)(=O)C1CC1)C1CC1. The summed E-state index contributed by atoms with van der Waals surface area (Å²) in [6.45, 7) is 1.74. The first-order valence-corrected chi connectivity index (χ1v) is 18.6. The average Bonchev–Trinajstić information content (AvgIpc) is 4.02. The van der Waals surface area contributed by atoms with Crippen molar-refractivity contribution in [2.24, 2.45) is 5.92 Å². The zero-order chi connectivity index (χ0) is 35.7. The summed E-state index contributed by atoms with van der Waals surface area (Å²) >= 11 is 11.6. The predicted octanol–water partition coefficient (Wildman–Crippen LogP) is 7.54. The number of pyridine rings is 1. The van der Waals surface area contributed by atoms with E-state index in [4.69, 9.17) is 27.9 Å². The standard InChI is InChI=1S/C24H26ClFN2O4S.C7H8N2O.C6H5Cl/c25-18-9-7-17(8-10-18)23-14-32-15-24(29)28(23)22(16-5-6-16)13-27(33(30,31)19-11-12-19)21-4-2-1-3-20(21)26;1-6(10)9-7-4-2-3-5-8-7;7-6-4-2-1-3-5-6/h1-4,7-10,16,19,22-23H,5-6,11-15H2;2-5H,1H3,(H,8,9,10);1-5H. The molecule has 2 unspecified atom stereocenters. The van der Waals surface area contributed by atoms with E-state index in [0.717, 1.165) is 23.4 Å². The molecule has 2 heterocycles. The largest absolute Gasteiger partial charge is 0.369 e. The maximum atomic E-state index is 14.8. The summed E-state index contributed by atoms with van der Waals surface area (Å²) in [7, 11) is -3.74. The number of hydrogen-bond donors (Lipinski definition) is 1. The molecule has 1 saturated heterocycles. The van der Waals surface area contributed by atoms with E-state index in [1.165, 1.54) is 23.4 Å². The molecule has 0 spiro atoms. The number of para-hydroxylation sites is 1. The number of amides is 2. The number of carbonyl (C=O) groups excluding carboxylic acids is 2. The van der Waals surface area contributed by atoms with Crippen molar-refractivity contribution in [3.8, 4) is 0 Å². The zero-order valence-corrected chi connectivity index (χ0v) is 29.8. The highest BCUT2D eigenvalue weighted by Crippen LogP contribution is 2.42. The Hall–Kier alpha value is -4.03. The first-order chi connectivity index (χ1) is 24.0. The van der Waals surface area contributed by atoms with E-state index in [1.807, 2.05) is 48.5 Å². The van der Waals surface area contributed by atoms with Crippen molar-refractivity contribution >= 4 is 56.5 Å². The third-order valence-electron chi connectivity index (χ3n) is 8.33. The van der Waals surface area contributed by atoms with Gasteiger partial charge in [0, 0.05) is 23.2 Å². The van der Waals surface area contributed by atoms with Crippen LogP contribution < -0.4 is 9.62 Å². The molecule has 1 aliphatic heterocycles. The van der Waals surface area contributed by atoms with Gasteiger partial charge in [-0.1, -0.05) is 71.7 Å². The monoisotopic (exact) mass is 740 g/mol. The third-order valence-corrected chi connectivity index (χ3v) is 11.1. The number of aromatic nitrogens is 1. The molecule has 2 amide bonds. The molecule has 9 nitrogen and oxygen atoms in total. The van der Waals surface area contributed by atoms with Crippen molar-refractivity contribution in [3.63, 3.8) is 0 Å². The fourth-order valence-corrected chi connectivity index (χ4v) is 7.78. The van der Waals surface area contributed by atoms with E-state index in [-0.39, 0.29) is 48.7 Å². The summed E-state index contributed by atoms with van der Waals surface area (Å²) in [6.07, 6.45) is 4.58. The van der Waals surface area contributed by atoms with E-state index in [1.54, 1.807) is 47.5 Å². The number of anilines is 2. The van der Waals surface area contributed by atoms with Crippen LogP contribution in [-0.4, -0.2) is 61.2 Å². The smallest absolute Gasteiger partial charge is 0.249 e. The molecule has 264 valence electrons. The number of nitrogens with zero attached hydrogens (tertiary/aromatic N) is 3. The molecule has 0 radical (unpaired) electrons. The minimum atomic E-state index is -3.74. The number of morpholine rings is 1. The van der Waals surface area contributed by atoms with Gasteiger partial charge < -0.3 is 15.0 Å². The first-order valence-electron chi connectivity index (χ1n) is 16.3. The van der Waals surface area contributed by atoms with Crippen molar-refractivity contribution in [2.45, 2.75) is 49.9 Å². The Kier molecular flexibility index (Phi) is 12.9. The summed E-state index contributed by atoms with van der Waals surface area (Å²) in [6, 6.07) is 27.3. The second-order valence-electron chi connectivity index (χ2n) is 12.2. The van der Waals surface area contributed by atoms with Crippen LogP contribution in [0.3, 0.4) is 0 Å². The van der Waals surface area contributed by atoms with Crippen molar-refractivity contribution in [2.75, 3.05) is 29.4 Å². The van der Waals surface area contributed by atoms with Gasteiger partial charge in [0.25, 0.3) is 0 Å². The quantitative estimate of drug-likeness (QED) is 0.190. The Labute approximate surface area is 302 Å². The van der Waals surface area contributed by atoms with Crippen LogP contribution in [0.5, 0.6) is 0 Å². The Morgan fingerprint density at radius 2 is 1.58 bits per heavy atom. The van der Waals surface area contributed by atoms with Crippen LogP contribution in [0.2, 0.25) is 10.0 Å². The third kappa shape index (κ3) is 10.3. The number of nitrogens with one attached hydrogen (secondary N) is 1. The lowest BCUT2D eigenvalue weighted by atomic mass is 10.00. The average molecular weight is 742 g/mol. The minimum Gasteiger partial charge on any atom is -0.369 e. The number of rotatable bonds is 9. The molecule has 2 saturated carbocycles. The van der Waals surface area contributed by atoms with Crippen LogP contribution in [0.25, 0.3) is 0 Å². The molecule has 3 aromatic carbocycles. The van der Waals surface area contributed by atoms with E-state index < -0.39 is 21.1 Å². The Balaban J connectivity index is 0.000000233. The highest BCUT2D eigenvalue weighted by molar-refractivity contribution is 7.93. The number of halogens is 3. The van der Waals surface area contributed by atoms with Crippen LogP contribution in [0.1, 0.15) is 44.2 Å². The summed E-state index contributed by atoms with van der Waals surface area (Å²) in [5, 5.41) is 3.44. The molecule has 7 rings (SSSR count). The van der Waals surface area contributed by atoms with Gasteiger partial charge in [-0.15, -0.1) is 0 Å². The molecule has 13 heteroatoms. The molecule has 3 fully saturated rings. The van der Waals surface area contributed by atoms with Crippen LogP contribution >= 0.6 is 23.2 Å². The van der Waals surface area contributed by atoms with Crippen molar-refractivity contribution in [1.29, 1.82) is 0 Å². The lowest BCUT2D eigenvalue weighted by molar-refractivity contribution is -0.152. The van der Waals surface area contributed by atoms with Gasteiger partial charge in [0.1, 0.15) is 18.2 Å². The van der Waals surface area contributed by atoms with Crippen LogP contribution in [0, 0.1) is 11.7 Å². The normalized spacial score (nSPS) is 17.7. The highest BCUT2D eigenvalue weighted by Gasteiger charge is 2.47. The summed E-state index contributed by atoms with van der Waals surface area (Å²) in [5.41, 5.74) is 0.916. The molecule has 0 bridgehead atoms. The molecule has 1 N–H and O–H groups in total. The van der Waals surface area contributed by atoms with Gasteiger partial charge in [0.2, 0.25) is 21.8 Å². The molecule has 3 aliphatic rings. The summed E-state index contributed by atoms with van der Waals surface area (Å²) < 4.78 is 48.4. The Morgan fingerprint density at radius 1 is 0.940 bits per heavy atom. The van der Waals surface area contributed by atoms with Gasteiger partial charge in [-0.25, -0.2) is 17.8 Å². The van der Waals surface area contributed by atoms with Gasteiger partial charge in [-0.2, -0.15) is 0 Å². The van der Waals surface area contributed by atoms with Crippen LogP contribution in [0.4, 0.5) is 15.9 Å². The van der Waals surface area contributed by atoms with E-state index in [2.05, 4.69) is 10.3 Å². The van der Waals surface area contributed by atoms with Gasteiger partial charge in [0.05, 0.1) is 36.2 Å². The van der Waals surface area contributed by atoms with E-state index >= 15 is 0 Å². The van der Waals surface area contributed by atoms with Crippen molar-refractivity contribution < 1.29 is 27.1 Å². The van der Waals surface area contributed by atoms with Gasteiger partial charge in [-0.05, 0) is 85.7 Å².